The Labute approximate surface area is 129 Å². The molecular weight excluding hydrogens is 260 g/mol. The smallest absolute Gasteiger partial charge is 0.0547 e. The molecule has 118 valence electrons. The van der Waals surface area contributed by atoms with Gasteiger partial charge < -0.3 is 10.2 Å². The number of aromatic nitrogens is 1. The second-order valence-electron chi connectivity index (χ2n) is 6.61. The average molecular weight is 290 g/mol. The van der Waals surface area contributed by atoms with E-state index in [-0.39, 0.29) is 0 Å². The van der Waals surface area contributed by atoms with Crippen LogP contribution in [0.5, 0.6) is 0 Å². The summed E-state index contributed by atoms with van der Waals surface area (Å²) >= 11 is 0. The highest BCUT2D eigenvalue weighted by atomic mass is 15.2. The minimum atomic E-state index is 0.498. The third-order valence-electron chi connectivity index (χ3n) is 4.28. The molecular formula is C17H30N4. The van der Waals surface area contributed by atoms with E-state index in [2.05, 4.69) is 61.3 Å². The SMILES string of the molecule is CC(C)NCc1cccc(CN(C)C2CCN(C)CC2)n1. The maximum absolute atomic E-state index is 4.78. The van der Waals surface area contributed by atoms with Gasteiger partial charge in [-0.25, -0.2) is 0 Å². The van der Waals surface area contributed by atoms with Gasteiger partial charge in [-0.15, -0.1) is 0 Å². The maximum Gasteiger partial charge on any atom is 0.0547 e. The van der Waals surface area contributed by atoms with E-state index in [0.29, 0.717) is 12.1 Å². The van der Waals surface area contributed by atoms with Gasteiger partial charge >= 0.3 is 0 Å². The van der Waals surface area contributed by atoms with Crippen molar-refractivity contribution in [2.75, 3.05) is 27.2 Å². The fourth-order valence-electron chi connectivity index (χ4n) is 2.84. The molecule has 0 radical (unpaired) electrons. The van der Waals surface area contributed by atoms with E-state index in [4.69, 9.17) is 4.98 Å². The van der Waals surface area contributed by atoms with E-state index in [0.717, 1.165) is 18.8 Å². The van der Waals surface area contributed by atoms with Gasteiger partial charge in [-0.05, 0) is 52.2 Å². The molecule has 1 aromatic heterocycles. The summed E-state index contributed by atoms with van der Waals surface area (Å²) in [4.78, 5) is 9.66. The highest BCUT2D eigenvalue weighted by molar-refractivity contribution is 5.11. The lowest BCUT2D eigenvalue weighted by atomic mass is 10.0. The molecule has 21 heavy (non-hydrogen) atoms. The summed E-state index contributed by atoms with van der Waals surface area (Å²) < 4.78 is 0. The molecule has 0 aromatic carbocycles. The molecule has 1 aromatic rings. The zero-order chi connectivity index (χ0) is 15.2. The number of nitrogens with one attached hydrogen (secondary N) is 1. The molecule has 0 saturated carbocycles. The summed E-state index contributed by atoms with van der Waals surface area (Å²) in [5.74, 6) is 0. The van der Waals surface area contributed by atoms with E-state index >= 15 is 0 Å². The monoisotopic (exact) mass is 290 g/mol. The Morgan fingerprint density at radius 1 is 1.29 bits per heavy atom. The van der Waals surface area contributed by atoms with Gasteiger partial charge in [0.25, 0.3) is 0 Å². The van der Waals surface area contributed by atoms with Crippen LogP contribution in [0.4, 0.5) is 0 Å². The maximum atomic E-state index is 4.78. The van der Waals surface area contributed by atoms with Crippen molar-refractivity contribution in [2.24, 2.45) is 0 Å². The summed E-state index contributed by atoms with van der Waals surface area (Å²) in [6.45, 7) is 8.55. The summed E-state index contributed by atoms with van der Waals surface area (Å²) in [6.07, 6.45) is 2.53. The quantitative estimate of drug-likeness (QED) is 0.869. The highest BCUT2D eigenvalue weighted by Gasteiger charge is 2.20. The fraction of sp³-hybridized carbons (Fsp3) is 0.706. The Bertz CT molecular complexity index is 425. The van der Waals surface area contributed by atoms with Gasteiger partial charge in [0, 0.05) is 25.2 Å². The van der Waals surface area contributed by atoms with E-state index in [9.17, 15) is 0 Å². The van der Waals surface area contributed by atoms with Gasteiger partial charge in [0.05, 0.1) is 11.4 Å². The van der Waals surface area contributed by atoms with Crippen LogP contribution in [0.15, 0.2) is 18.2 Å². The number of nitrogens with zero attached hydrogens (tertiary/aromatic N) is 3. The van der Waals surface area contributed by atoms with Crippen molar-refractivity contribution in [2.45, 2.75) is 51.9 Å². The van der Waals surface area contributed by atoms with Crippen LogP contribution < -0.4 is 5.32 Å². The first-order chi connectivity index (χ1) is 10.0. The number of pyridine rings is 1. The van der Waals surface area contributed by atoms with Crippen LogP contribution in [-0.4, -0.2) is 54.1 Å². The summed E-state index contributed by atoms with van der Waals surface area (Å²) in [6, 6.07) is 7.57. The molecule has 4 heteroatoms. The van der Waals surface area contributed by atoms with Gasteiger partial charge in [-0.1, -0.05) is 19.9 Å². The molecule has 0 bridgehead atoms. The first-order valence-electron chi connectivity index (χ1n) is 8.11. The third kappa shape index (κ3) is 5.38. The predicted octanol–water partition coefficient (Wildman–Crippen LogP) is 2.11. The molecule has 4 nitrogen and oxygen atoms in total. The van der Waals surface area contributed by atoms with Crippen LogP contribution in [0.1, 0.15) is 38.1 Å². The molecule has 2 heterocycles. The van der Waals surface area contributed by atoms with E-state index in [1.807, 2.05) is 0 Å². The number of rotatable bonds is 6. The van der Waals surface area contributed by atoms with E-state index < -0.39 is 0 Å². The van der Waals surface area contributed by atoms with Crippen LogP contribution in [0, 0.1) is 0 Å². The second kappa shape index (κ2) is 7.87. The van der Waals surface area contributed by atoms with Gasteiger partial charge in [0.15, 0.2) is 0 Å². The lowest BCUT2D eigenvalue weighted by Crippen LogP contribution is -2.41. The second-order valence-corrected chi connectivity index (χ2v) is 6.61. The first-order valence-corrected chi connectivity index (χ1v) is 8.11. The van der Waals surface area contributed by atoms with Gasteiger partial charge in [0.1, 0.15) is 0 Å². The zero-order valence-electron chi connectivity index (χ0n) is 14.0. The molecule has 0 amide bonds. The molecule has 0 spiro atoms. The number of hydrogen-bond acceptors (Lipinski definition) is 4. The molecule has 0 unspecified atom stereocenters. The van der Waals surface area contributed by atoms with Crippen LogP contribution in [-0.2, 0) is 13.1 Å². The topological polar surface area (TPSA) is 31.4 Å². The average Bonchev–Trinajstić information content (AvgIpc) is 2.46. The highest BCUT2D eigenvalue weighted by Crippen LogP contribution is 2.16. The summed E-state index contributed by atoms with van der Waals surface area (Å²) in [7, 11) is 4.44. The van der Waals surface area contributed by atoms with Crippen molar-refractivity contribution in [3.63, 3.8) is 0 Å². The lowest BCUT2D eigenvalue weighted by molar-refractivity contribution is 0.138. The van der Waals surface area contributed by atoms with Gasteiger partial charge in [-0.3, -0.25) is 9.88 Å². The van der Waals surface area contributed by atoms with E-state index in [1.54, 1.807) is 0 Å². The Kier molecular flexibility index (Phi) is 6.15. The van der Waals surface area contributed by atoms with Crippen molar-refractivity contribution in [1.82, 2.24) is 20.1 Å². The molecule has 1 aliphatic rings. The fourth-order valence-corrected chi connectivity index (χ4v) is 2.84. The van der Waals surface area contributed by atoms with Crippen LogP contribution in [0.25, 0.3) is 0 Å². The minimum absolute atomic E-state index is 0.498. The van der Waals surface area contributed by atoms with Gasteiger partial charge in [0.2, 0.25) is 0 Å². The molecule has 1 saturated heterocycles. The molecule has 0 atom stereocenters. The van der Waals surface area contributed by atoms with Crippen molar-refractivity contribution < 1.29 is 0 Å². The van der Waals surface area contributed by atoms with Gasteiger partial charge in [-0.2, -0.15) is 0 Å². The van der Waals surface area contributed by atoms with Crippen molar-refractivity contribution in [3.8, 4) is 0 Å². The third-order valence-corrected chi connectivity index (χ3v) is 4.28. The number of piperidine rings is 1. The van der Waals surface area contributed by atoms with Crippen LogP contribution in [0.2, 0.25) is 0 Å². The Balaban J connectivity index is 1.88. The van der Waals surface area contributed by atoms with Crippen LogP contribution in [0.3, 0.4) is 0 Å². The minimum Gasteiger partial charge on any atom is -0.309 e. The summed E-state index contributed by atoms with van der Waals surface area (Å²) in [5.41, 5.74) is 2.32. The Morgan fingerprint density at radius 3 is 2.62 bits per heavy atom. The van der Waals surface area contributed by atoms with E-state index in [1.165, 1.54) is 31.6 Å². The van der Waals surface area contributed by atoms with Crippen molar-refractivity contribution >= 4 is 0 Å². The number of hydrogen-bond donors (Lipinski definition) is 1. The summed E-state index contributed by atoms with van der Waals surface area (Å²) in [5, 5.41) is 3.43. The molecule has 1 aliphatic heterocycles. The Morgan fingerprint density at radius 2 is 1.95 bits per heavy atom. The van der Waals surface area contributed by atoms with Crippen LogP contribution >= 0.6 is 0 Å². The normalized spacial score (nSPS) is 17.8. The molecule has 1 fully saturated rings. The molecule has 2 rings (SSSR count). The molecule has 0 aliphatic carbocycles. The lowest BCUT2D eigenvalue weighted by Gasteiger charge is -2.35. The van der Waals surface area contributed by atoms with Crippen molar-refractivity contribution in [3.05, 3.63) is 29.6 Å². The predicted molar refractivity (Wildman–Crippen MR) is 88.2 cm³/mol. The zero-order valence-corrected chi connectivity index (χ0v) is 14.0. The standard InChI is InChI=1S/C17H30N4/c1-14(2)18-12-15-6-5-7-16(19-15)13-21(4)17-8-10-20(3)11-9-17/h5-7,14,17-18H,8-13H2,1-4H3. The largest absolute Gasteiger partial charge is 0.309 e. The number of likely N-dealkylation sites (tertiary alicyclic amines) is 1. The Hall–Kier alpha value is -0.970. The molecule has 1 N–H and O–H groups in total. The van der Waals surface area contributed by atoms with Crippen molar-refractivity contribution in [1.29, 1.82) is 0 Å². The first kappa shape index (κ1) is 16.4.